The molecular formula is C21H25N5O. The Morgan fingerprint density at radius 1 is 1.19 bits per heavy atom. The maximum Gasteiger partial charge on any atom is 0.254 e. The molecule has 1 fully saturated rings. The average molecular weight is 363 g/mol. The Hall–Kier alpha value is -2.86. The standard InChI is InChI=1S/C21H25N5O/c1-25-10-12-26(13-11-25)21(27)16-6-8-22-20(14-16)23-9-7-17-15-24-19-5-3-2-4-18(17)19/h2-6,8,14-15,24H,7,9-13H2,1H3,(H,22,23). The van der Waals surface area contributed by atoms with Gasteiger partial charge in [-0.05, 0) is 37.2 Å². The molecule has 0 unspecified atom stereocenters. The van der Waals surface area contributed by atoms with Crippen molar-refractivity contribution >= 4 is 22.6 Å². The van der Waals surface area contributed by atoms with Gasteiger partial charge < -0.3 is 20.1 Å². The summed E-state index contributed by atoms with van der Waals surface area (Å²) in [4.78, 5) is 24.5. The lowest BCUT2D eigenvalue weighted by Gasteiger charge is -2.32. The molecule has 2 aromatic heterocycles. The number of hydrogen-bond donors (Lipinski definition) is 2. The van der Waals surface area contributed by atoms with E-state index < -0.39 is 0 Å². The number of H-pyrrole nitrogens is 1. The second-order valence-corrected chi connectivity index (χ2v) is 7.06. The first-order chi connectivity index (χ1) is 13.2. The highest BCUT2D eigenvalue weighted by Gasteiger charge is 2.20. The normalized spacial score (nSPS) is 15.2. The van der Waals surface area contributed by atoms with E-state index in [2.05, 4.69) is 51.6 Å². The summed E-state index contributed by atoms with van der Waals surface area (Å²) >= 11 is 0. The molecule has 6 nitrogen and oxygen atoms in total. The molecule has 0 aliphatic carbocycles. The zero-order valence-electron chi connectivity index (χ0n) is 15.6. The van der Waals surface area contributed by atoms with Crippen LogP contribution in [0.3, 0.4) is 0 Å². The molecule has 6 heteroatoms. The number of carbonyl (C=O) groups excluding carboxylic acids is 1. The van der Waals surface area contributed by atoms with Crippen LogP contribution in [0.25, 0.3) is 10.9 Å². The molecule has 1 saturated heterocycles. The number of amides is 1. The van der Waals surface area contributed by atoms with Crippen molar-refractivity contribution in [1.29, 1.82) is 0 Å². The van der Waals surface area contributed by atoms with E-state index in [1.165, 1.54) is 10.9 Å². The van der Waals surface area contributed by atoms with Crippen LogP contribution in [-0.4, -0.2) is 65.4 Å². The average Bonchev–Trinajstić information content (AvgIpc) is 3.12. The minimum Gasteiger partial charge on any atom is -0.370 e. The van der Waals surface area contributed by atoms with E-state index in [4.69, 9.17) is 0 Å². The number of pyridine rings is 1. The Bertz CT molecular complexity index is 927. The molecule has 0 radical (unpaired) electrons. The van der Waals surface area contributed by atoms with Gasteiger partial charge in [-0.2, -0.15) is 0 Å². The van der Waals surface area contributed by atoms with Crippen LogP contribution in [0.5, 0.6) is 0 Å². The summed E-state index contributed by atoms with van der Waals surface area (Å²) in [6, 6.07) is 12.0. The number of aromatic amines is 1. The Kier molecular flexibility index (Phi) is 5.07. The Morgan fingerprint density at radius 2 is 2.00 bits per heavy atom. The minimum absolute atomic E-state index is 0.0881. The fraction of sp³-hybridized carbons (Fsp3) is 0.333. The van der Waals surface area contributed by atoms with E-state index in [1.807, 2.05) is 17.0 Å². The van der Waals surface area contributed by atoms with Crippen LogP contribution in [0.1, 0.15) is 15.9 Å². The molecule has 0 bridgehead atoms. The molecule has 27 heavy (non-hydrogen) atoms. The van der Waals surface area contributed by atoms with Gasteiger partial charge in [0.05, 0.1) is 0 Å². The highest BCUT2D eigenvalue weighted by atomic mass is 16.2. The second kappa shape index (κ2) is 7.80. The topological polar surface area (TPSA) is 64.3 Å². The van der Waals surface area contributed by atoms with Gasteiger partial charge in [-0.3, -0.25) is 4.79 Å². The number of rotatable bonds is 5. The van der Waals surface area contributed by atoms with Crippen molar-refractivity contribution in [2.24, 2.45) is 0 Å². The number of fused-ring (bicyclic) bond motifs is 1. The highest BCUT2D eigenvalue weighted by molar-refractivity contribution is 5.95. The van der Waals surface area contributed by atoms with Crippen molar-refractivity contribution in [3.05, 3.63) is 59.9 Å². The predicted molar refractivity (Wildman–Crippen MR) is 108 cm³/mol. The number of piperazine rings is 1. The minimum atomic E-state index is 0.0881. The monoisotopic (exact) mass is 363 g/mol. The van der Waals surface area contributed by atoms with Crippen LogP contribution in [0, 0.1) is 0 Å². The van der Waals surface area contributed by atoms with E-state index >= 15 is 0 Å². The fourth-order valence-corrected chi connectivity index (χ4v) is 3.52. The smallest absolute Gasteiger partial charge is 0.254 e. The van der Waals surface area contributed by atoms with Crippen molar-refractivity contribution in [1.82, 2.24) is 19.8 Å². The Balaban J connectivity index is 1.37. The van der Waals surface area contributed by atoms with Crippen LogP contribution in [0.2, 0.25) is 0 Å². The summed E-state index contributed by atoms with van der Waals surface area (Å²) < 4.78 is 0. The quantitative estimate of drug-likeness (QED) is 0.731. The summed E-state index contributed by atoms with van der Waals surface area (Å²) in [5, 5.41) is 4.60. The molecule has 1 amide bonds. The summed E-state index contributed by atoms with van der Waals surface area (Å²) in [7, 11) is 2.09. The number of benzene rings is 1. The van der Waals surface area contributed by atoms with Crippen LogP contribution < -0.4 is 5.32 Å². The largest absolute Gasteiger partial charge is 0.370 e. The van der Waals surface area contributed by atoms with Crippen LogP contribution in [-0.2, 0) is 6.42 Å². The molecule has 0 atom stereocenters. The molecule has 1 aliphatic rings. The first kappa shape index (κ1) is 17.5. The van der Waals surface area contributed by atoms with Gasteiger partial charge >= 0.3 is 0 Å². The van der Waals surface area contributed by atoms with Crippen LogP contribution in [0.15, 0.2) is 48.8 Å². The molecule has 1 aromatic carbocycles. The SMILES string of the molecule is CN1CCN(C(=O)c2ccnc(NCCc3c[nH]c4ccccc34)c2)CC1. The number of anilines is 1. The van der Waals surface area contributed by atoms with Gasteiger partial charge in [0.15, 0.2) is 0 Å². The number of nitrogens with one attached hydrogen (secondary N) is 2. The molecule has 3 aromatic rings. The number of nitrogens with zero attached hydrogens (tertiary/aromatic N) is 3. The summed E-state index contributed by atoms with van der Waals surface area (Å²) in [5.74, 6) is 0.833. The first-order valence-electron chi connectivity index (χ1n) is 9.43. The Morgan fingerprint density at radius 3 is 2.85 bits per heavy atom. The van der Waals surface area contributed by atoms with Crippen LogP contribution >= 0.6 is 0 Å². The van der Waals surface area contributed by atoms with Gasteiger partial charge in [-0.25, -0.2) is 4.98 Å². The molecule has 140 valence electrons. The highest BCUT2D eigenvalue weighted by Crippen LogP contribution is 2.18. The van der Waals surface area contributed by atoms with E-state index in [0.717, 1.165) is 50.5 Å². The van der Waals surface area contributed by atoms with Gasteiger partial charge in [0.1, 0.15) is 5.82 Å². The zero-order chi connectivity index (χ0) is 18.6. The van der Waals surface area contributed by atoms with E-state index in [9.17, 15) is 4.79 Å². The Labute approximate surface area is 159 Å². The number of likely N-dealkylation sites (N-methyl/N-ethyl adjacent to an activating group) is 1. The lowest BCUT2D eigenvalue weighted by Crippen LogP contribution is -2.47. The second-order valence-electron chi connectivity index (χ2n) is 7.06. The van der Waals surface area contributed by atoms with Crippen molar-refractivity contribution in [2.75, 3.05) is 45.1 Å². The molecule has 3 heterocycles. The molecule has 2 N–H and O–H groups in total. The number of hydrogen-bond acceptors (Lipinski definition) is 4. The number of para-hydroxylation sites is 1. The lowest BCUT2D eigenvalue weighted by atomic mass is 10.1. The van der Waals surface area contributed by atoms with Gasteiger partial charge in [-0.15, -0.1) is 0 Å². The van der Waals surface area contributed by atoms with Gasteiger partial charge in [0, 0.05) is 61.6 Å². The van der Waals surface area contributed by atoms with Crippen molar-refractivity contribution < 1.29 is 4.79 Å². The van der Waals surface area contributed by atoms with Gasteiger partial charge in [-0.1, -0.05) is 18.2 Å². The number of aromatic nitrogens is 2. The molecule has 0 spiro atoms. The van der Waals surface area contributed by atoms with Crippen molar-refractivity contribution in [3.8, 4) is 0 Å². The molecule has 0 saturated carbocycles. The van der Waals surface area contributed by atoms with E-state index in [1.54, 1.807) is 12.3 Å². The van der Waals surface area contributed by atoms with Crippen LogP contribution in [0.4, 0.5) is 5.82 Å². The molecular weight excluding hydrogens is 338 g/mol. The molecule has 1 aliphatic heterocycles. The van der Waals surface area contributed by atoms with Gasteiger partial charge in [0.2, 0.25) is 0 Å². The van der Waals surface area contributed by atoms with Gasteiger partial charge in [0.25, 0.3) is 5.91 Å². The third-order valence-electron chi connectivity index (χ3n) is 5.17. The maximum absolute atomic E-state index is 12.7. The summed E-state index contributed by atoms with van der Waals surface area (Å²) in [6.45, 7) is 4.17. The lowest BCUT2D eigenvalue weighted by molar-refractivity contribution is 0.0664. The van der Waals surface area contributed by atoms with E-state index in [0.29, 0.717) is 5.56 Å². The zero-order valence-corrected chi connectivity index (χ0v) is 15.6. The third kappa shape index (κ3) is 3.95. The van der Waals surface area contributed by atoms with Crippen molar-refractivity contribution in [3.63, 3.8) is 0 Å². The maximum atomic E-state index is 12.7. The van der Waals surface area contributed by atoms with Crippen molar-refractivity contribution in [2.45, 2.75) is 6.42 Å². The summed E-state index contributed by atoms with van der Waals surface area (Å²) in [5.41, 5.74) is 3.14. The predicted octanol–water partition coefficient (Wildman–Crippen LogP) is 2.61. The van der Waals surface area contributed by atoms with E-state index in [-0.39, 0.29) is 5.91 Å². The molecule has 4 rings (SSSR count). The first-order valence-corrected chi connectivity index (χ1v) is 9.43. The summed E-state index contributed by atoms with van der Waals surface area (Å²) in [6.07, 6.45) is 4.66. The fourth-order valence-electron chi connectivity index (χ4n) is 3.52. The third-order valence-corrected chi connectivity index (χ3v) is 5.17. The number of carbonyl (C=O) groups is 1.